The van der Waals surface area contributed by atoms with E-state index in [1.807, 2.05) is 19.9 Å². The van der Waals surface area contributed by atoms with E-state index in [9.17, 15) is 20.1 Å². The van der Waals surface area contributed by atoms with Crippen LogP contribution < -0.4 is 0 Å². The Hall–Kier alpha value is -1.55. The number of hydrogen-bond acceptors (Lipinski definition) is 3. The first-order chi connectivity index (χ1) is 11.3. The lowest BCUT2D eigenvalue weighted by Gasteiger charge is -2.54. The average Bonchev–Trinajstić information content (AvgIpc) is 2.53. The maximum atomic E-state index is 12.0. The van der Waals surface area contributed by atoms with Crippen molar-refractivity contribution < 1.29 is 20.1 Å². The molecule has 4 atom stereocenters. The first-order valence-corrected chi connectivity index (χ1v) is 8.95. The lowest BCUT2D eigenvalue weighted by atomic mass is 9.49. The van der Waals surface area contributed by atoms with Crippen LogP contribution >= 0.6 is 0 Å². The molecule has 0 amide bonds. The molecule has 0 saturated heterocycles. The van der Waals surface area contributed by atoms with E-state index in [-0.39, 0.29) is 29.6 Å². The molecule has 0 aliphatic heterocycles. The van der Waals surface area contributed by atoms with Crippen molar-refractivity contribution in [2.24, 2.45) is 11.3 Å². The number of aliphatic hydroxyl groups is 1. The lowest BCUT2D eigenvalue weighted by Crippen LogP contribution is -2.52. The quantitative estimate of drug-likeness (QED) is 0.790. The SMILES string of the molecule is CC(CO)c1c(O)ccc2c1CC[C@H]1[C@@](C)(C(=O)O)CCC[C@]21C. The Morgan fingerprint density at radius 1 is 1.33 bits per heavy atom. The predicted octanol–water partition coefficient (Wildman–Crippen LogP) is 3.58. The van der Waals surface area contributed by atoms with Gasteiger partial charge in [0.1, 0.15) is 5.75 Å². The molecule has 0 heterocycles. The molecule has 0 aromatic heterocycles. The topological polar surface area (TPSA) is 77.8 Å². The summed E-state index contributed by atoms with van der Waals surface area (Å²) in [4.78, 5) is 12.0. The molecule has 4 heteroatoms. The summed E-state index contributed by atoms with van der Waals surface area (Å²) >= 11 is 0. The molecular formula is C20H28O4. The van der Waals surface area contributed by atoms with E-state index >= 15 is 0 Å². The number of carboxylic acids is 1. The van der Waals surface area contributed by atoms with Gasteiger partial charge in [0, 0.05) is 18.1 Å². The molecule has 1 aromatic carbocycles. The van der Waals surface area contributed by atoms with Gasteiger partial charge in [-0.1, -0.05) is 26.3 Å². The monoisotopic (exact) mass is 332 g/mol. The van der Waals surface area contributed by atoms with E-state index < -0.39 is 11.4 Å². The average molecular weight is 332 g/mol. The van der Waals surface area contributed by atoms with Crippen LogP contribution in [0.5, 0.6) is 5.75 Å². The van der Waals surface area contributed by atoms with Crippen LogP contribution in [0.25, 0.3) is 0 Å². The minimum absolute atomic E-state index is 0.00298. The molecule has 1 saturated carbocycles. The Kier molecular flexibility index (Phi) is 4.15. The van der Waals surface area contributed by atoms with Gasteiger partial charge in [0.25, 0.3) is 0 Å². The van der Waals surface area contributed by atoms with Crippen molar-refractivity contribution in [1.29, 1.82) is 0 Å². The normalized spacial score (nSPS) is 33.4. The highest BCUT2D eigenvalue weighted by Crippen LogP contribution is 2.58. The van der Waals surface area contributed by atoms with Crippen LogP contribution in [0.1, 0.15) is 69.1 Å². The molecule has 1 unspecified atom stereocenters. The summed E-state index contributed by atoms with van der Waals surface area (Å²) in [5.41, 5.74) is 2.28. The zero-order chi connectivity index (χ0) is 17.7. The molecule has 0 bridgehead atoms. The van der Waals surface area contributed by atoms with Crippen LogP contribution in [0, 0.1) is 11.3 Å². The number of aliphatic hydroxyl groups excluding tert-OH is 1. The standard InChI is InChI=1S/C20H28O4/c1-12(11-21)17-13-5-8-16-19(2,14(13)6-7-15(17)22)9-4-10-20(16,3)18(23)24/h6-7,12,16,21-22H,4-5,8-11H2,1-3H3,(H,23,24)/t12?,16-,19-,20+/m1/s1. The van der Waals surface area contributed by atoms with Crippen LogP contribution in [0.4, 0.5) is 0 Å². The number of hydrogen-bond donors (Lipinski definition) is 3. The van der Waals surface area contributed by atoms with Gasteiger partial charge in [-0.15, -0.1) is 0 Å². The van der Waals surface area contributed by atoms with Gasteiger partial charge in [0.2, 0.25) is 0 Å². The summed E-state index contributed by atoms with van der Waals surface area (Å²) in [6.07, 6.45) is 4.20. The van der Waals surface area contributed by atoms with Gasteiger partial charge >= 0.3 is 5.97 Å². The molecule has 0 radical (unpaired) electrons. The van der Waals surface area contributed by atoms with Gasteiger partial charge in [-0.25, -0.2) is 0 Å². The zero-order valence-electron chi connectivity index (χ0n) is 14.8. The van der Waals surface area contributed by atoms with Gasteiger partial charge in [0.15, 0.2) is 0 Å². The van der Waals surface area contributed by atoms with Crippen LogP contribution in [0.3, 0.4) is 0 Å². The van der Waals surface area contributed by atoms with E-state index in [0.717, 1.165) is 43.2 Å². The molecule has 2 aliphatic carbocycles. The second kappa shape index (κ2) is 5.76. The van der Waals surface area contributed by atoms with Crippen molar-refractivity contribution in [3.63, 3.8) is 0 Å². The minimum Gasteiger partial charge on any atom is -0.508 e. The number of phenolic OH excluding ortho intramolecular Hbond substituents is 1. The highest BCUT2D eigenvalue weighted by molar-refractivity contribution is 5.75. The fourth-order valence-electron chi connectivity index (χ4n) is 5.48. The maximum absolute atomic E-state index is 12.0. The van der Waals surface area contributed by atoms with Crippen molar-refractivity contribution in [1.82, 2.24) is 0 Å². The fraction of sp³-hybridized carbons (Fsp3) is 0.650. The number of aliphatic carboxylic acids is 1. The molecule has 1 fully saturated rings. The van der Waals surface area contributed by atoms with E-state index in [4.69, 9.17) is 0 Å². The Morgan fingerprint density at radius 2 is 2.04 bits per heavy atom. The van der Waals surface area contributed by atoms with Gasteiger partial charge < -0.3 is 15.3 Å². The Labute approximate surface area is 143 Å². The lowest BCUT2D eigenvalue weighted by molar-refractivity contribution is -0.157. The summed E-state index contributed by atoms with van der Waals surface area (Å²) in [5, 5.41) is 29.8. The second-order valence-corrected chi connectivity index (χ2v) is 8.19. The zero-order valence-corrected chi connectivity index (χ0v) is 14.8. The Bertz CT molecular complexity index is 668. The van der Waals surface area contributed by atoms with Gasteiger partial charge in [-0.3, -0.25) is 4.79 Å². The third-order valence-corrected chi connectivity index (χ3v) is 6.82. The minimum atomic E-state index is -0.690. The van der Waals surface area contributed by atoms with E-state index in [0.29, 0.717) is 0 Å². The molecule has 4 nitrogen and oxygen atoms in total. The summed E-state index contributed by atoms with van der Waals surface area (Å²) in [7, 11) is 0. The molecule has 0 spiro atoms. The Morgan fingerprint density at radius 3 is 2.67 bits per heavy atom. The van der Waals surface area contributed by atoms with Gasteiger partial charge in [0.05, 0.1) is 5.41 Å². The van der Waals surface area contributed by atoms with Crippen molar-refractivity contribution in [3.8, 4) is 5.75 Å². The van der Waals surface area contributed by atoms with E-state index in [1.165, 1.54) is 5.56 Å². The number of phenols is 1. The molecule has 24 heavy (non-hydrogen) atoms. The number of aromatic hydroxyl groups is 1. The smallest absolute Gasteiger partial charge is 0.309 e. The van der Waals surface area contributed by atoms with E-state index in [1.54, 1.807) is 6.07 Å². The third kappa shape index (κ3) is 2.26. The van der Waals surface area contributed by atoms with Crippen LogP contribution in [0.15, 0.2) is 12.1 Å². The number of benzene rings is 1. The number of fused-ring (bicyclic) bond motifs is 3. The largest absolute Gasteiger partial charge is 0.508 e. The first kappa shape index (κ1) is 17.3. The van der Waals surface area contributed by atoms with Crippen LogP contribution in [-0.2, 0) is 16.6 Å². The molecular weight excluding hydrogens is 304 g/mol. The molecule has 2 aliphatic rings. The Balaban J connectivity index is 2.16. The second-order valence-electron chi connectivity index (χ2n) is 8.19. The van der Waals surface area contributed by atoms with Crippen molar-refractivity contribution >= 4 is 5.97 Å². The summed E-state index contributed by atoms with van der Waals surface area (Å²) in [5.74, 6) is -0.459. The van der Waals surface area contributed by atoms with Crippen molar-refractivity contribution in [2.75, 3.05) is 6.61 Å². The molecule has 3 N–H and O–H groups in total. The highest BCUT2D eigenvalue weighted by atomic mass is 16.4. The summed E-state index contributed by atoms with van der Waals surface area (Å²) in [6.45, 7) is 6.02. The van der Waals surface area contributed by atoms with Crippen LogP contribution in [-0.4, -0.2) is 27.9 Å². The highest BCUT2D eigenvalue weighted by Gasteiger charge is 2.55. The molecule has 1 aromatic rings. The summed E-state index contributed by atoms with van der Waals surface area (Å²) < 4.78 is 0. The predicted molar refractivity (Wildman–Crippen MR) is 92.4 cm³/mol. The number of rotatable bonds is 3. The first-order valence-electron chi connectivity index (χ1n) is 8.95. The summed E-state index contributed by atoms with van der Waals surface area (Å²) in [6, 6.07) is 3.71. The van der Waals surface area contributed by atoms with Gasteiger partial charge in [-0.05, 0) is 61.1 Å². The fourth-order valence-corrected chi connectivity index (χ4v) is 5.48. The van der Waals surface area contributed by atoms with Gasteiger partial charge in [-0.2, -0.15) is 0 Å². The van der Waals surface area contributed by atoms with Crippen LogP contribution in [0.2, 0.25) is 0 Å². The third-order valence-electron chi connectivity index (χ3n) is 6.82. The number of carbonyl (C=O) groups is 1. The number of carboxylic acid groups (broad SMARTS) is 1. The maximum Gasteiger partial charge on any atom is 0.309 e. The van der Waals surface area contributed by atoms with Crippen molar-refractivity contribution in [2.45, 2.75) is 64.2 Å². The van der Waals surface area contributed by atoms with Crippen molar-refractivity contribution in [3.05, 3.63) is 28.8 Å². The molecule has 132 valence electrons. The van der Waals surface area contributed by atoms with E-state index in [2.05, 4.69) is 6.92 Å². The molecule has 3 rings (SSSR count).